The average Bonchev–Trinajstić information content (AvgIpc) is 3.15. The molecule has 1 aromatic carbocycles. The first-order chi connectivity index (χ1) is 13.9. The van der Waals surface area contributed by atoms with Gasteiger partial charge in [0.15, 0.2) is 5.65 Å². The second-order valence-electron chi connectivity index (χ2n) is 6.22. The lowest BCUT2D eigenvalue weighted by Gasteiger charge is -2.15. The van der Waals surface area contributed by atoms with Crippen LogP contribution >= 0.6 is 0 Å². The van der Waals surface area contributed by atoms with Crippen LogP contribution in [0, 0.1) is 0 Å². The van der Waals surface area contributed by atoms with Crippen LogP contribution in [0.3, 0.4) is 0 Å². The van der Waals surface area contributed by atoms with Crippen LogP contribution in [0.1, 0.15) is 17.1 Å². The molecule has 146 valence electrons. The normalized spacial score (nSPS) is 13.0. The molecule has 4 rings (SSSR count). The summed E-state index contributed by atoms with van der Waals surface area (Å²) in [6.07, 6.45) is 2.76. The molecule has 4 aromatic rings. The number of benzene rings is 1. The number of pyridine rings is 1. The summed E-state index contributed by atoms with van der Waals surface area (Å²) in [6.45, 7) is 0. The smallest absolute Gasteiger partial charge is 0.333 e. The number of aromatic amines is 1. The minimum atomic E-state index is -3.49. The van der Waals surface area contributed by atoms with Crippen LogP contribution in [0.25, 0.3) is 22.1 Å². The molecule has 0 saturated carbocycles. The van der Waals surface area contributed by atoms with E-state index in [1.165, 1.54) is 48.8 Å². The lowest BCUT2D eigenvalue weighted by molar-refractivity contribution is 0.0307. The van der Waals surface area contributed by atoms with Gasteiger partial charge < -0.3 is 10.7 Å². The Balaban J connectivity index is 1.86. The number of nitrogens with zero attached hydrogens (tertiary/aromatic N) is 5. The van der Waals surface area contributed by atoms with Gasteiger partial charge in [-0.2, -0.15) is 18.4 Å². The first-order valence-electron chi connectivity index (χ1n) is 8.53. The van der Waals surface area contributed by atoms with Crippen molar-refractivity contribution < 1.29 is 8.78 Å². The number of fused-ring (bicyclic) bond motifs is 2. The number of H-pyrrole nitrogens is 1. The summed E-state index contributed by atoms with van der Waals surface area (Å²) in [6, 6.07) is 9.83. The SMILES string of the molecule is CN=CC(=CN)c1ccc2nnc(C(F)(F)c3ccc4[nH]c(=O)ccc4c3)n2n1. The molecule has 3 heterocycles. The Hall–Kier alpha value is -3.95. The van der Waals surface area contributed by atoms with Gasteiger partial charge in [-0.15, -0.1) is 10.2 Å². The van der Waals surface area contributed by atoms with E-state index in [1.807, 2.05) is 0 Å². The molecule has 0 aliphatic rings. The summed E-state index contributed by atoms with van der Waals surface area (Å²) in [7, 11) is 1.56. The zero-order valence-corrected chi connectivity index (χ0v) is 15.2. The van der Waals surface area contributed by atoms with Gasteiger partial charge >= 0.3 is 5.92 Å². The Labute approximate surface area is 162 Å². The molecule has 29 heavy (non-hydrogen) atoms. The predicted octanol–water partition coefficient (Wildman–Crippen LogP) is 2.11. The molecule has 3 aromatic heterocycles. The van der Waals surface area contributed by atoms with Crippen LogP contribution in [0.5, 0.6) is 0 Å². The Morgan fingerprint density at radius 2 is 2.03 bits per heavy atom. The highest BCUT2D eigenvalue weighted by atomic mass is 19.3. The third-order valence-corrected chi connectivity index (χ3v) is 4.37. The maximum atomic E-state index is 15.3. The van der Waals surface area contributed by atoms with Gasteiger partial charge in [-0.3, -0.25) is 9.79 Å². The van der Waals surface area contributed by atoms with Crippen LogP contribution in [0.2, 0.25) is 0 Å². The number of hydrogen-bond donors (Lipinski definition) is 2. The number of nitrogens with two attached hydrogens (primary N) is 1. The fourth-order valence-corrected chi connectivity index (χ4v) is 2.95. The molecular weight excluding hydrogens is 380 g/mol. The Morgan fingerprint density at radius 1 is 1.21 bits per heavy atom. The second-order valence-corrected chi connectivity index (χ2v) is 6.22. The van der Waals surface area contributed by atoms with E-state index in [2.05, 4.69) is 25.3 Å². The Kier molecular flexibility index (Phi) is 4.38. The number of rotatable bonds is 4. The van der Waals surface area contributed by atoms with E-state index >= 15 is 8.78 Å². The van der Waals surface area contributed by atoms with Crippen molar-refractivity contribution in [3.8, 4) is 0 Å². The first kappa shape index (κ1) is 18.4. The molecule has 0 amide bonds. The van der Waals surface area contributed by atoms with Gasteiger partial charge in [-0.25, -0.2) is 0 Å². The number of nitrogens with one attached hydrogen (secondary N) is 1. The van der Waals surface area contributed by atoms with Crippen molar-refractivity contribution in [1.29, 1.82) is 0 Å². The highest BCUT2D eigenvalue weighted by Gasteiger charge is 2.40. The van der Waals surface area contributed by atoms with Crippen LogP contribution in [-0.4, -0.2) is 38.1 Å². The molecule has 0 spiro atoms. The molecule has 0 saturated heterocycles. The number of allylic oxidation sites excluding steroid dienone is 1. The van der Waals surface area contributed by atoms with E-state index in [0.29, 0.717) is 22.2 Å². The summed E-state index contributed by atoms with van der Waals surface area (Å²) in [5, 5.41) is 12.1. The number of aromatic nitrogens is 5. The minimum Gasteiger partial charge on any atom is -0.404 e. The molecule has 0 bridgehead atoms. The summed E-state index contributed by atoms with van der Waals surface area (Å²) in [5.41, 5.74) is 6.40. The van der Waals surface area contributed by atoms with Crippen molar-refractivity contribution in [2.45, 2.75) is 5.92 Å². The van der Waals surface area contributed by atoms with Crippen LogP contribution in [0.4, 0.5) is 8.78 Å². The lowest BCUT2D eigenvalue weighted by Crippen LogP contribution is -2.20. The third kappa shape index (κ3) is 3.14. The molecule has 0 aliphatic heterocycles. The molecule has 3 N–H and O–H groups in total. The molecule has 0 fully saturated rings. The second kappa shape index (κ2) is 6.89. The van der Waals surface area contributed by atoms with Crippen LogP contribution in [0.15, 0.2) is 58.5 Å². The molecule has 0 radical (unpaired) electrons. The highest BCUT2D eigenvalue weighted by Crippen LogP contribution is 2.35. The van der Waals surface area contributed by atoms with E-state index in [-0.39, 0.29) is 16.8 Å². The fraction of sp³-hybridized carbons (Fsp3) is 0.105. The molecule has 10 heteroatoms. The van der Waals surface area contributed by atoms with Crippen molar-refractivity contribution in [3.05, 3.63) is 76.1 Å². The molecular formula is C19H15F2N7O. The van der Waals surface area contributed by atoms with Crippen LogP contribution < -0.4 is 11.3 Å². The molecule has 8 nitrogen and oxygen atoms in total. The summed E-state index contributed by atoms with van der Waals surface area (Å²) in [4.78, 5) is 17.9. The van der Waals surface area contributed by atoms with Gasteiger partial charge in [0, 0.05) is 42.2 Å². The first-order valence-corrected chi connectivity index (χ1v) is 8.53. The maximum absolute atomic E-state index is 15.3. The van der Waals surface area contributed by atoms with Crippen molar-refractivity contribution >= 4 is 28.3 Å². The summed E-state index contributed by atoms with van der Waals surface area (Å²) < 4.78 is 31.6. The largest absolute Gasteiger partial charge is 0.404 e. The zero-order chi connectivity index (χ0) is 20.6. The quantitative estimate of drug-likeness (QED) is 0.514. The highest BCUT2D eigenvalue weighted by molar-refractivity contribution is 6.08. The monoisotopic (exact) mass is 395 g/mol. The van der Waals surface area contributed by atoms with E-state index in [4.69, 9.17) is 5.73 Å². The van der Waals surface area contributed by atoms with Gasteiger partial charge in [-0.1, -0.05) is 6.07 Å². The van der Waals surface area contributed by atoms with Gasteiger partial charge in [0.05, 0.1) is 5.69 Å². The Morgan fingerprint density at radius 3 is 2.79 bits per heavy atom. The van der Waals surface area contributed by atoms with E-state index in [1.54, 1.807) is 13.1 Å². The zero-order valence-electron chi connectivity index (χ0n) is 15.2. The number of halogens is 2. The predicted molar refractivity (Wildman–Crippen MR) is 105 cm³/mol. The lowest BCUT2D eigenvalue weighted by atomic mass is 10.0. The maximum Gasteiger partial charge on any atom is 0.333 e. The van der Waals surface area contributed by atoms with Gasteiger partial charge in [-0.05, 0) is 35.7 Å². The topological polar surface area (TPSA) is 114 Å². The van der Waals surface area contributed by atoms with Crippen molar-refractivity contribution in [2.24, 2.45) is 10.7 Å². The van der Waals surface area contributed by atoms with Crippen molar-refractivity contribution in [1.82, 2.24) is 24.8 Å². The van der Waals surface area contributed by atoms with Gasteiger partial charge in [0.25, 0.3) is 0 Å². The summed E-state index contributed by atoms with van der Waals surface area (Å²) >= 11 is 0. The van der Waals surface area contributed by atoms with Crippen LogP contribution in [-0.2, 0) is 5.92 Å². The minimum absolute atomic E-state index is 0.165. The number of alkyl halides is 2. The standard InChI is InChI=1S/C19H15F2N7O/c1-23-10-12(9-22)15-5-6-16-25-26-18(28(16)27-15)19(20,21)13-3-4-14-11(8-13)2-7-17(29)24-14/h2-10H,22H2,1H3,(H,24,29). The van der Waals surface area contributed by atoms with E-state index in [9.17, 15) is 4.79 Å². The molecule has 0 atom stereocenters. The molecule has 0 unspecified atom stereocenters. The van der Waals surface area contributed by atoms with Crippen molar-refractivity contribution in [2.75, 3.05) is 7.05 Å². The summed E-state index contributed by atoms with van der Waals surface area (Å²) in [5.74, 6) is -4.12. The van der Waals surface area contributed by atoms with Gasteiger partial charge in [0.1, 0.15) is 0 Å². The average molecular weight is 395 g/mol. The number of aliphatic imine (C=N–C) groups is 1. The third-order valence-electron chi connectivity index (χ3n) is 4.37. The van der Waals surface area contributed by atoms with Gasteiger partial charge in [0.2, 0.25) is 11.4 Å². The van der Waals surface area contributed by atoms with E-state index < -0.39 is 11.7 Å². The van der Waals surface area contributed by atoms with E-state index in [0.717, 1.165) is 4.52 Å². The Bertz CT molecular complexity index is 1340. The fourth-order valence-electron chi connectivity index (χ4n) is 2.95. The molecule has 0 aliphatic carbocycles. The van der Waals surface area contributed by atoms with Crippen molar-refractivity contribution in [3.63, 3.8) is 0 Å². The number of hydrogen-bond acceptors (Lipinski definition) is 6.